The summed E-state index contributed by atoms with van der Waals surface area (Å²) in [4.78, 5) is 0. The summed E-state index contributed by atoms with van der Waals surface area (Å²) in [5.74, 6) is 0. The fourth-order valence-corrected chi connectivity index (χ4v) is 4.05. The lowest BCUT2D eigenvalue weighted by atomic mass is 9.86. The van der Waals surface area contributed by atoms with Crippen LogP contribution in [0.4, 0.5) is 0 Å². The molecular formula is C25H27Cl. The average molecular weight is 363 g/mol. The third kappa shape index (κ3) is 3.57. The Morgan fingerprint density at radius 1 is 0.615 bits per heavy atom. The molecule has 0 saturated carbocycles. The van der Waals surface area contributed by atoms with Gasteiger partial charge in [0.1, 0.15) is 0 Å². The summed E-state index contributed by atoms with van der Waals surface area (Å²) in [7, 11) is 0. The third-order valence-corrected chi connectivity index (χ3v) is 5.48. The number of halogens is 1. The van der Waals surface area contributed by atoms with Gasteiger partial charge >= 0.3 is 0 Å². The summed E-state index contributed by atoms with van der Waals surface area (Å²) in [6.07, 6.45) is 2.03. The van der Waals surface area contributed by atoms with Crippen LogP contribution in [0.15, 0.2) is 48.5 Å². The molecule has 0 bridgehead atoms. The Kier molecular flexibility index (Phi) is 5.53. The van der Waals surface area contributed by atoms with E-state index in [-0.39, 0.29) is 0 Å². The van der Waals surface area contributed by atoms with Crippen LogP contribution in [0.3, 0.4) is 0 Å². The maximum Gasteiger partial charge on any atom is 0.0409 e. The molecule has 134 valence electrons. The first-order chi connectivity index (χ1) is 12.4. The summed E-state index contributed by atoms with van der Waals surface area (Å²) >= 11 is 6.17. The normalized spacial score (nSPS) is 11.0. The van der Waals surface area contributed by atoms with Gasteiger partial charge in [0.15, 0.2) is 0 Å². The molecule has 26 heavy (non-hydrogen) atoms. The SMILES string of the molecule is CCc1cc(-c2ccc(Cl)cc2C)c(CC)cc1-c1ccc(C)cc1C. The summed E-state index contributed by atoms with van der Waals surface area (Å²) in [6.45, 7) is 11.0. The van der Waals surface area contributed by atoms with E-state index in [0.717, 1.165) is 17.9 Å². The van der Waals surface area contributed by atoms with Crippen molar-refractivity contribution in [3.05, 3.63) is 81.4 Å². The molecule has 0 spiro atoms. The zero-order valence-corrected chi connectivity index (χ0v) is 17.2. The standard InChI is InChI=1S/C25H27Cl/c1-6-19-15-25(23-11-9-21(26)13-18(23)5)20(7-2)14-24(19)22-10-8-16(3)12-17(22)4/h8-15H,6-7H2,1-5H3. The smallest absolute Gasteiger partial charge is 0.0409 e. The van der Waals surface area contributed by atoms with Gasteiger partial charge in [0.05, 0.1) is 0 Å². The number of hydrogen-bond donors (Lipinski definition) is 0. The summed E-state index contributed by atoms with van der Waals surface area (Å²) in [6, 6.07) is 17.8. The Morgan fingerprint density at radius 3 is 1.58 bits per heavy atom. The van der Waals surface area contributed by atoms with Crippen molar-refractivity contribution in [1.82, 2.24) is 0 Å². The van der Waals surface area contributed by atoms with Gasteiger partial charge in [-0.1, -0.05) is 67.4 Å². The van der Waals surface area contributed by atoms with Crippen molar-refractivity contribution in [2.45, 2.75) is 47.5 Å². The van der Waals surface area contributed by atoms with E-state index in [1.807, 2.05) is 6.07 Å². The monoisotopic (exact) mass is 362 g/mol. The Hall–Kier alpha value is -2.05. The molecule has 3 aromatic rings. The summed E-state index contributed by atoms with van der Waals surface area (Å²) in [5.41, 5.74) is 12.0. The molecule has 0 aromatic heterocycles. The molecule has 3 aromatic carbocycles. The van der Waals surface area contributed by atoms with Crippen LogP contribution in [-0.4, -0.2) is 0 Å². The molecular weight excluding hydrogens is 336 g/mol. The van der Waals surface area contributed by atoms with E-state index in [1.165, 1.54) is 50.1 Å². The van der Waals surface area contributed by atoms with Gasteiger partial charge in [-0.3, -0.25) is 0 Å². The fraction of sp³-hybridized carbons (Fsp3) is 0.280. The predicted octanol–water partition coefficient (Wildman–Crippen LogP) is 7.72. The number of aryl methyl sites for hydroxylation is 5. The van der Waals surface area contributed by atoms with Gasteiger partial charge in [0, 0.05) is 5.02 Å². The predicted molar refractivity (Wildman–Crippen MR) is 115 cm³/mol. The molecule has 0 saturated heterocycles. The van der Waals surface area contributed by atoms with Gasteiger partial charge in [-0.2, -0.15) is 0 Å². The van der Waals surface area contributed by atoms with Gasteiger partial charge < -0.3 is 0 Å². The maximum absolute atomic E-state index is 6.17. The highest BCUT2D eigenvalue weighted by Gasteiger charge is 2.14. The molecule has 0 aliphatic heterocycles. The van der Waals surface area contributed by atoms with E-state index in [0.29, 0.717) is 0 Å². The summed E-state index contributed by atoms with van der Waals surface area (Å²) < 4.78 is 0. The van der Waals surface area contributed by atoms with Crippen LogP contribution in [0.5, 0.6) is 0 Å². The number of benzene rings is 3. The molecule has 0 aliphatic carbocycles. The van der Waals surface area contributed by atoms with Crippen molar-refractivity contribution in [3.8, 4) is 22.3 Å². The lowest BCUT2D eigenvalue weighted by Crippen LogP contribution is -1.98. The van der Waals surface area contributed by atoms with Crippen LogP contribution in [0.2, 0.25) is 5.02 Å². The molecule has 0 atom stereocenters. The first kappa shape index (κ1) is 18.7. The molecule has 0 amide bonds. The Morgan fingerprint density at radius 2 is 1.12 bits per heavy atom. The molecule has 0 radical (unpaired) electrons. The average Bonchev–Trinajstić information content (AvgIpc) is 2.61. The topological polar surface area (TPSA) is 0 Å². The van der Waals surface area contributed by atoms with Gasteiger partial charge in [-0.25, -0.2) is 0 Å². The second-order valence-electron chi connectivity index (χ2n) is 7.15. The minimum atomic E-state index is 0.798. The van der Waals surface area contributed by atoms with Gasteiger partial charge in [0.25, 0.3) is 0 Å². The van der Waals surface area contributed by atoms with E-state index in [2.05, 4.69) is 77.1 Å². The molecule has 0 heterocycles. The molecule has 0 aliphatic rings. The highest BCUT2D eigenvalue weighted by molar-refractivity contribution is 6.30. The van der Waals surface area contributed by atoms with Crippen molar-refractivity contribution in [2.75, 3.05) is 0 Å². The Balaban J connectivity index is 2.24. The zero-order chi connectivity index (χ0) is 18.8. The molecule has 0 nitrogen and oxygen atoms in total. The second-order valence-corrected chi connectivity index (χ2v) is 7.59. The largest absolute Gasteiger partial charge is 0.0843 e. The van der Waals surface area contributed by atoms with Crippen molar-refractivity contribution in [1.29, 1.82) is 0 Å². The minimum Gasteiger partial charge on any atom is -0.0843 e. The molecule has 0 N–H and O–H groups in total. The van der Waals surface area contributed by atoms with E-state index in [4.69, 9.17) is 11.6 Å². The van der Waals surface area contributed by atoms with E-state index in [9.17, 15) is 0 Å². The van der Waals surface area contributed by atoms with Crippen molar-refractivity contribution >= 4 is 11.6 Å². The van der Waals surface area contributed by atoms with Gasteiger partial charge in [0.2, 0.25) is 0 Å². The lowest BCUT2D eigenvalue weighted by molar-refractivity contribution is 1.10. The fourth-order valence-electron chi connectivity index (χ4n) is 3.82. The quantitative estimate of drug-likeness (QED) is 0.445. The van der Waals surface area contributed by atoms with Crippen LogP contribution >= 0.6 is 11.6 Å². The highest BCUT2D eigenvalue weighted by Crippen LogP contribution is 2.36. The van der Waals surface area contributed by atoms with Gasteiger partial charge in [-0.05, 0) is 90.3 Å². The summed E-state index contributed by atoms with van der Waals surface area (Å²) in [5, 5.41) is 0.798. The van der Waals surface area contributed by atoms with E-state index >= 15 is 0 Å². The van der Waals surface area contributed by atoms with Crippen LogP contribution in [0, 0.1) is 20.8 Å². The number of rotatable bonds is 4. The zero-order valence-electron chi connectivity index (χ0n) is 16.4. The van der Waals surface area contributed by atoms with Crippen molar-refractivity contribution in [3.63, 3.8) is 0 Å². The first-order valence-corrected chi connectivity index (χ1v) is 9.82. The molecule has 3 rings (SSSR count). The third-order valence-electron chi connectivity index (χ3n) is 5.24. The lowest BCUT2D eigenvalue weighted by Gasteiger charge is -2.18. The minimum absolute atomic E-state index is 0.798. The van der Waals surface area contributed by atoms with E-state index < -0.39 is 0 Å². The molecule has 0 unspecified atom stereocenters. The van der Waals surface area contributed by atoms with Crippen LogP contribution in [-0.2, 0) is 12.8 Å². The molecule has 1 heteroatoms. The van der Waals surface area contributed by atoms with Crippen LogP contribution in [0.25, 0.3) is 22.3 Å². The Bertz CT molecular complexity index is 871. The first-order valence-electron chi connectivity index (χ1n) is 9.44. The maximum atomic E-state index is 6.17. The van der Waals surface area contributed by atoms with Gasteiger partial charge in [-0.15, -0.1) is 0 Å². The highest BCUT2D eigenvalue weighted by atomic mass is 35.5. The molecule has 0 fully saturated rings. The Labute approximate surface area is 162 Å². The van der Waals surface area contributed by atoms with Crippen molar-refractivity contribution in [2.24, 2.45) is 0 Å². The van der Waals surface area contributed by atoms with Crippen molar-refractivity contribution < 1.29 is 0 Å². The van der Waals surface area contributed by atoms with Crippen LogP contribution in [0.1, 0.15) is 41.7 Å². The second kappa shape index (κ2) is 7.68. The van der Waals surface area contributed by atoms with Crippen LogP contribution < -0.4 is 0 Å². The van der Waals surface area contributed by atoms with E-state index in [1.54, 1.807) is 0 Å². The number of hydrogen-bond acceptors (Lipinski definition) is 0.